The van der Waals surface area contributed by atoms with Crippen molar-refractivity contribution < 1.29 is 9.90 Å². The molecule has 3 nitrogen and oxygen atoms in total. The van der Waals surface area contributed by atoms with Gasteiger partial charge in [0.15, 0.2) is 0 Å². The van der Waals surface area contributed by atoms with Crippen LogP contribution >= 0.6 is 0 Å². The summed E-state index contributed by atoms with van der Waals surface area (Å²) in [6.45, 7) is 0.556. The van der Waals surface area contributed by atoms with Crippen molar-refractivity contribution in [3.63, 3.8) is 0 Å². The van der Waals surface area contributed by atoms with Crippen molar-refractivity contribution in [3.05, 3.63) is 0 Å². The van der Waals surface area contributed by atoms with Gasteiger partial charge in [0.25, 0.3) is 0 Å². The number of hydrogen-bond acceptors (Lipinski definition) is 2. The Bertz CT molecular complexity index is 229. The van der Waals surface area contributed by atoms with Gasteiger partial charge in [0, 0.05) is 0 Å². The summed E-state index contributed by atoms with van der Waals surface area (Å²) in [7, 11) is 0. The van der Waals surface area contributed by atoms with Crippen molar-refractivity contribution in [2.24, 2.45) is 23.0 Å². The number of fused-ring (bicyclic) bond motifs is 1. The summed E-state index contributed by atoms with van der Waals surface area (Å²) >= 11 is 0. The molecule has 74 valence electrons. The first-order valence-corrected chi connectivity index (χ1v) is 5.10. The van der Waals surface area contributed by atoms with Crippen LogP contribution in [0.3, 0.4) is 0 Å². The Labute approximate surface area is 78.3 Å². The molecule has 0 aromatic carbocycles. The standard InChI is InChI=1S/C10H17NO2/c11-6-10(5-9(12)13)4-3-7-1-2-8(7)10/h7-8H,1-6,11H2,(H,12,13). The fraction of sp³-hybridized carbons (Fsp3) is 0.900. The molecule has 3 heteroatoms. The van der Waals surface area contributed by atoms with Gasteiger partial charge >= 0.3 is 5.97 Å². The Balaban J connectivity index is 2.10. The van der Waals surface area contributed by atoms with Crippen LogP contribution in [-0.2, 0) is 4.79 Å². The van der Waals surface area contributed by atoms with E-state index < -0.39 is 5.97 Å². The minimum absolute atomic E-state index is 0.0469. The highest BCUT2D eigenvalue weighted by atomic mass is 16.4. The van der Waals surface area contributed by atoms with Gasteiger partial charge in [-0.25, -0.2) is 0 Å². The molecule has 3 unspecified atom stereocenters. The Kier molecular flexibility index (Phi) is 2.06. The topological polar surface area (TPSA) is 63.3 Å². The molecular weight excluding hydrogens is 166 g/mol. The molecule has 0 aromatic heterocycles. The lowest BCUT2D eigenvalue weighted by Gasteiger charge is -2.41. The number of carbonyl (C=O) groups is 1. The Morgan fingerprint density at radius 3 is 2.62 bits per heavy atom. The third-order valence-corrected chi connectivity index (χ3v) is 4.13. The first-order chi connectivity index (χ1) is 6.18. The second kappa shape index (κ2) is 2.98. The Morgan fingerprint density at radius 2 is 2.23 bits per heavy atom. The molecule has 2 saturated carbocycles. The molecule has 3 N–H and O–H groups in total. The molecule has 0 heterocycles. The lowest BCUT2D eigenvalue weighted by Crippen LogP contribution is -2.41. The molecule has 3 atom stereocenters. The predicted molar refractivity (Wildman–Crippen MR) is 49.2 cm³/mol. The summed E-state index contributed by atoms with van der Waals surface area (Å²) in [4.78, 5) is 10.7. The molecular formula is C10H17NO2. The Hall–Kier alpha value is -0.570. The van der Waals surface area contributed by atoms with E-state index in [0.29, 0.717) is 12.5 Å². The molecule has 0 amide bonds. The summed E-state index contributed by atoms with van der Waals surface area (Å²) in [5, 5.41) is 8.84. The molecule has 0 radical (unpaired) electrons. The average Bonchev–Trinajstić information content (AvgIpc) is 2.22. The third-order valence-electron chi connectivity index (χ3n) is 4.13. The van der Waals surface area contributed by atoms with Gasteiger partial charge in [-0.1, -0.05) is 0 Å². The summed E-state index contributed by atoms with van der Waals surface area (Å²) in [6, 6.07) is 0. The van der Waals surface area contributed by atoms with Crippen molar-refractivity contribution in [1.29, 1.82) is 0 Å². The summed E-state index contributed by atoms with van der Waals surface area (Å²) in [5.41, 5.74) is 5.69. The van der Waals surface area contributed by atoms with Gasteiger partial charge in [-0.05, 0) is 49.5 Å². The molecule has 13 heavy (non-hydrogen) atoms. The van der Waals surface area contributed by atoms with Crippen LogP contribution < -0.4 is 5.73 Å². The number of nitrogens with two attached hydrogens (primary N) is 1. The maximum atomic E-state index is 10.7. The van der Waals surface area contributed by atoms with Crippen LogP contribution in [0.4, 0.5) is 0 Å². The van der Waals surface area contributed by atoms with Crippen LogP contribution in [0.25, 0.3) is 0 Å². The molecule has 2 aliphatic carbocycles. The van der Waals surface area contributed by atoms with Crippen molar-refractivity contribution in [3.8, 4) is 0 Å². The molecule has 2 aliphatic rings. The van der Waals surface area contributed by atoms with Crippen LogP contribution in [0, 0.1) is 17.3 Å². The molecule has 2 fully saturated rings. The summed E-state index contributed by atoms with van der Waals surface area (Å²) in [5.74, 6) is 0.731. The van der Waals surface area contributed by atoms with Crippen LogP contribution in [-0.4, -0.2) is 17.6 Å². The summed E-state index contributed by atoms with van der Waals surface area (Å²) < 4.78 is 0. The lowest BCUT2D eigenvalue weighted by molar-refractivity contribution is -0.141. The fourth-order valence-electron chi connectivity index (χ4n) is 3.23. The maximum Gasteiger partial charge on any atom is 0.303 e. The molecule has 0 aliphatic heterocycles. The van der Waals surface area contributed by atoms with Gasteiger partial charge in [-0.15, -0.1) is 0 Å². The van der Waals surface area contributed by atoms with E-state index in [9.17, 15) is 4.79 Å². The monoisotopic (exact) mass is 183 g/mol. The largest absolute Gasteiger partial charge is 0.481 e. The lowest BCUT2D eigenvalue weighted by atomic mass is 9.64. The van der Waals surface area contributed by atoms with Crippen molar-refractivity contribution in [2.75, 3.05) is 6.54 Å². The molecule has 0 saturated heterocycles. The zero-order valence-electron chi connectivity index (χ0n) is 7.83. The van der Waals surface area contributed by atoms with E-state index in [4.69, 9.17) is 10.8 Å². The van der Waals surface area contributed by atoms with E-state index >= 15 is 0 Å². The van der Waals surface area contributed by atoms with Gasteiger partial charge < -0.3 is 10.8 Å². The van der Waals surface area contributed by atoms with Crippen molar-refractivity contribution >= 4 is 5.97 Å². The quantitative estimate of drug-likeness (QED) is 0.691. The van der Waals surface area contributed by atoms with Gasteiger partial charge in [-0.3, -0.25) is 4.79 Å². The van der Waals surface area contributed by atoms with Gasteiger partial charge in [0.05, 0.1) is 6.42 Å². The smallest absolute Gasteiger partial charge is 0.303 e. The molecule has 0 aromatic rings. The number of carboxylic acids is 1. The second-order valence-corrected chi connectivity index (χ2v) is 4.62. The van der Waals surface area contributed by atoms with E-state index in [1.54, 1.807) is 0 Å². The van der Waals surface area contributed by atoms with E-state index in [-0.39, 0.29) is 11.8 Å². The normalized spacial score (nSPS) is 42.5. The predicted octanol–water partition coefficient (Wildman–Crippen LogP) is 1.23. The zero-order chi connectivity index (χ0) is 9.47. The van der Waals surface area contributed by atoms with Crippen LogP contribution in [0.5, 0.6) is 0 Å². The highest BCUT2D eigenvalue weighted by Gasteiger charge is 2.52. The highest BCUT2D eigenvalue weighted by Crippen LogP contribution is 2.58. The fourth-order valence-corrected chi connectivity index (χ4v) is 3.23. The number of rotatable bonds is 3. The van der Waals surface area contributed by atoms with Gasteiger partial charge in [0.1, 0.15) is 0 Å². The minimum Gasteiger partial charge on any atom is -0.481 e. The number of carboxylic acid groups (broad SMARTS) is 1. The van der Waals surface area contributed by atoms with Gasteiger partial charge in [-0.2, -0.15) is 0 Å². The van der Waals surface area contributed by atoms with E-state index in [2.05, 4.69) is 0 Å². The average molecular weight is 183 g/mol. The maximum absolute atomic E-state index is 10.7. The van der Waals surface area contributed by atoms with E-state index in [1.807, 2.05) is 0 Å². The van der Waals surface area contributed by atoms with Crippen LogP contribution in [0.2, 0.25) is 0 Å². The Morgan fingerprint density at radius 1 is 1.46 bits per heavy atom. The van der Waals surface area contributed by atoms with Crippen LogP contribution in [0.15, 0.2) is 0 Å². The number of aliphatic carboxylic acids is 1. The summed E-state index contributed by atoms with van der Waals surface area (Å²) in [6.07, 6.45) is 5.02. The third kappa shape index (κ3) is 1.26. The van der Waals surface area contributed by atoms with Crippen molar-refractivity contribution in [2.45, 2.75) is 32.1 Å². The van der Waals surface area contributed by atoms with Gasteiger partial charge in [0.2, 0.25) is 0 Å². The SMILES string of the molecule is NCC1(CC(=O)O)CCC2CCC21. The van der Waals surface area contributed by atoms with E-state index in [0.717, 1.165) is 12.3 Å². The molecule has 2 rings (SSSR count). The van der Waals surface area contributed by atoms with E-state index in [1.165, 1.54) is 19.3 Å². The zero-order valence-corrected chi connectivity index (χ0v) is 7.83. The minimum atomic E-state index is -0.682. The van der Waals surface area contributed by atoms with Crippen molar-refractivity contribution in [1.82, 2.24) is 0 Å². The molecule has 0 bridgehead atoms. The first-order valence-electron chi connectivity index (χ1n) is 5.10. The van der Waals surface area contributed by atoms with Crippen LogP contribution in [0.1, 0.15) is 32.1 Å². The molecule has 0 spiro atoms. The second-order valence-electron chi connectivity index (χ2n) is 4.62. The first kappa shape index (κ1) is 9.00. The number of hydrogen-bond donors (Lipinski definition) is 2. The highest BCUT2D eigenvalue weighted by molar-refractivity contribution is 5.68.